The molecule has 2 N–H and O–H groups in total. The lowest BCUT2D eigenvalue weighted by Gasteiger charge is -2.30. The van der Waals surface area contributed by atoms with E-state index in [0.717, 1.165) is 22.9 Å². The van der Waals surface area contributed by atoms with Crippen molar-refractivity contribution in [2.24, 2.45) is 0 Å². The smallest absolute Gasteiger partial charge is 0.289 e. The maximum Gasteiger partial charge on any atom is 0.289 e. The van der Waals surface area contributed by atoms with Gasteiger partial charge in [-0.3, -0.25) is 4.79 Å². The quantitative estimate of drug-likeness (QED) is 0.789. The Balaban J connectivity index is 1.79. The van der Waals surface area contributed by atoms with Crippen LogP contribution >= 0.6 is 15.9 Å². The predicted molar refractivity (Wildman–Crippen MR) is 95.2 cm³/mol. The number of nitrogens with zero attached hydrogens (tertiary/aromatic N) is 1. The molecule has 4 nitrogen and oxygen atoms in total. The van der Waals surface area contributed by atoms with Crippen LogP contribution in [0.3, 0.4) is 0 Å². The lowest BCUT2D eigenvalue weighted by Crippen LogP contribution is -2.38. The summed E-state index contributed by atoms with van der Waals surface area (Å²) in [6, 6.07) is 9.44. The SMILES string of the molecule is CN(C(=O)c1ccc(-c2ccc(N)cc2Br)o1)C1CCCCC1. The maximum atomic E-state index is 12.6. The molecule has 0 spiro atoms. The standard InChI is InChI=1S/C18H21BrN2O2/c1-21(13-5-3-2-4-6-13)18(22)17-10-9-16(23-17)14-8-7-12(20)11-15(14)19/h7-11,13H,2-6,20H2,1H3. The molecule has 1 heterocycles. The van der Waals surface area contributed by atoms with Crippen LogP contribution in [0.15, 0.2) is 39.2 Å². The zero-order chi connectivity index (χ0) is 16.4. The first-order valence-electron chi connectivity index (χ1n) is 7.98. The molecule has 0 bridgehead atoms. The fraction of sp³-hybridized carbons (Fsp3) is 0.389. The second-order valence-electron chi connectivity index (χ2n) is 6.11. The largest absolute Gasteiger partial charge is 0.451 e. The topological polar surface area (TPSA) is 59.5 Å². The number of carbonyl (C=O) groups is 1. The van der Waals surface area contributed by atoms with Gasteiger partial charge >= 0.3 is 0 Å². The number of hydrogen-bond donors (Lipinski definition) is 1. The third-order valence-electron chi connectivity index (χ3n) is 4.52. The number of rotatable bonds is 3. The molecule has 5 heteroatoms. The highest BCUT2D eigenvalue weighted by Crippen LogP contribution is 2.32. The van der Waals surface area contributed by atoms with E-state index >= 15 is 0 Å². The summed E-state index contributed by atoms with van der Waals surface area (Å²) in [5.74, 6) is 1.00. The molecule has 3 rings (SSSR count). The minimum Gasteiger partial charge on any atom is -0.451 e. The molecule has 122 valence electrons. The van der Waals surface area contributed by atoms with E-state index in [-0.39, 0.29) is 5.91 Å². The summed E-state index contributed by atoms with van der Waals surface area (Å²) < 4.78 is 6.66. The zero-order valence-corrected chi connectivity index (χ0v) is 14.8. The Morgan fingerprint density at radius 1 is 1.22 bits per heavy atom. The molecule has 1 saturated carbocycles. The normalized spacial score (nSPS) is 15.6. The van der Waals surface area contributed by atoms with E-state index in [1.165, 1.54) is 19.3 Å². The monoisotopic (exact) mass is 376 g/mol. The fourth-order valence-corrected chi connectivity index (χ4v) is 3.73. The Morgan fingerprint density at radius 3 is 2.65 bits per heavy atom. The lowest BCUT2D eigenvalue weighted by atomic mass is 9.94. The number of anilines is 1. The number of amides is 1. The number of halogens is 1. The zero-order valence-electron chi connectivity index (χ0n) is 13.2. The van der Waals surface area contributed by atoms with E-state index in [1.807, 2.05) is 36.2 Å². The molecular weight excluding hydrogens is 356 g/mol. The summed E-state index contributed by atoms with van der Waals surface area (Å²) in [6.07, 6.45) is 5.83. The molecule has 1 aliphatic carbocycles. The molecule has 23 heavy (non-hydrogen) atoms. The van der Waals surface area contributed by atoms with Crippen molar-refractivity contribution in [2.75, 3.05) is 12.8 Å². The highest BCUT2D eigenvalue weighted by atomic mass is 79.9. The molecule has 1 aromatic carbocycles. The number of nitrogen functional groups attached to an aromatic ring is 1. The first kappa shape index (κ1) is 16.1. The van der Waals surface area contributed by atoms with Crippen LogP contribution < -0.4 is 5.73 Å². The Kier molecular flexibility index (Phi) is 4.76. The van der Waals surface area contributed by atoms with Gasteiger partial charge in [0.15, 0.2) is 5.76 Å². The summed E-state index contributed by atoms with van der Waals surface area (Å²) in [4.78, 5) is 14.5. The van der Waals surface area contributed by atoms with E-state index in [4.69, 9.17) is 10.2 Å². The first-order chi connectivity index (χ1) is 11.1. The number of nitrogens with two attached hydrogens (primary N) is 1. The Labute approximate surface area is 144 Å². The molecule has 1 amide bonds. The van der Waals surface area contributed by atoms with Crippen LogP contribution in [0, 0.1) is 0 Å². The summed E-state index contributed by atoms with van der Waals surface area (Å²) >= 11 is 3.49. The van der Waals surface area contributed by atoms with E-state index < -0.39 is 0 Å². The summed E-state index contributed by atoms with van der Waals surface area (Å²) in [6.45, 7) is 0. The third-order valence-corrected chi connectivity index (χ3v) is 5.17. The van der Waals surface area contributed by atoms with Gasteiger partial charge in [-0.1, -0.05) is 19.3 Å². The minimum atomic E-state index is -0.0466. The van der Waals surface area contributed by atoms with Crippen LogP contribution in [0.25, 0.3) is 11.3 Å². The van der Waals surface area contributed by atoms with Crippen molar-refractivity contribution in [3.63, 3.8) is 0 Å². The fourth-order valence-electron chi connectivity index (χ4n) is 3.14. The molecule has 1 aliphatic rings. The maximum absolute atomic E-state index is 12.6. The highest BCUT2D eigenvalue weighted by molar-refractivity contribution is 9.10. The second kappa shape index (κ2) is 6.79. The van der Waals surface area contributed by atoms with Crippen LogP contribution in [-0.4, -0.2) is 23.9 Å². The van der Waals surface area contributed by atoms with Crippen LogP contribution in [0.2, 0.25) is 0 Å². The van der Waals surface area contributed by atoms with Gasteiger partial charge < -0.3 is 15.1 Å². The van der Waals surface area contributed by atoms with Gasteiger partial charge in [-0.15, -0.1) is 0 Å². The average molecular weight is 377 g/mol. The third kappa shape index (κ3) is 3.44. The van der Waals surface area contributed by atoms with Gasteiger partial charge in [-0.25, -0.2) is 0 Å². The van der Waals surface area contributed by atoms with Crippen LogP contribution in [0.4, 0.5) is 5.69 Å². The molecule has 0 unspecified atom stereocenters. The average Bonchev–Trinajstić information content (AvgIpc) is 3.04. The second-order valence-corrected chi connectivity index (χ2v) is 6.97. The van der Waals surface area contributed by atoms with E-state index in [0.29, 0.717) is 23.2 Å². The van der Waals surface area contributed by atoms with E-state index in [2.05, 4.69) is 15.9 Å². The summed E-state index contributed by atoms with van der Waals surface area (Å²) in [7, 11) is 1.87. The Morgan fingerprint density at radius 2 is 1.96 bits per heavy atom. The van der Waals surface area contributed by atoms with Gasteiger partial charge in [-0.05, 0) is 59.1 Å². The van der Waals surface area contributed by atoms with Crippen LogP contribution in [0.1, 0.15) is 42.7 Å². The van der Waals surface area contributed by atoms with Gasteiger partial charge in [-0.2, -0.15) is 0 Å². The number of carbonyl (C=O) groups excluding carboxylic acids is 1. The van der Waals surface area contributed by atoms with Gasteiger partial charge in [0, 0.05) is 28.8 Å². The Hall–Kier alpha value is -1.75. The van der Waals surface area contributed by atoms with Crippen molar-refractivity contribution in [1.29, 1.82) is 0 Å². The summed E-state index contributed by atoms with van der Waals surface area (Å²) in [5.41, 5.74) is 7.33. The molecule has 2 aromatic rings. The number of hydrogen-bond acceptors (Lipinski definition) is 3. The van der Waals surface area contributed by atoms with Crippen molar-refractivity contribution < 1.29 is 9.21 Å². The Bertz CT molecular complexity index is 705. The van der Waals surface area contributed by atoms with Gasteiger partial charge in [0.1, 0.15) is 5.76 Å². The van der Waals surface area contributed by atoms with Gasteiger partial charge in [0.05, 0.1) is 0 Å². The van der Waals surface area contributed by atoms with Crippen molar-refractivity contribution in [1.82, 2.24) is 4.90 Å². The van der Waals surface area contributed by atoms with Crippen molar-refractivity contribution in [3.05, 3.63) is 40.6 Å². The minimum absolute atomic E-state index is 0.0466. The molecule has 0 saturated heterocycles. The van der Waals surface area contributed by atoms with Crippen molar-refractivity contribution in [2.45, 2.75) is 38.1 Å². The van der Waals surface area contributed by atoms with Crippen molar-refractivity contribution in [3.8, 4) is 11.3 Å². The van der Waals surface area contributed by atoms with Gasteiger partial charge in [0.2, 0.25) is 0 Å². The molecular formula is C18H21BrN2O2. The summed E-state index contributed by atoms with van der Waals surface area (Å²) in [5, 5.41) is 0. The van der Waals surface area contributed by atoms with E-state index in [9.17, 15) is 4.79 Å². The molecule has 1 fully saturated rings. The number of furan rings is 1. The van der Waals surface area contributed by atoms with Crippen LogP contribution in [-0.2, 0) is 0 Å². The predicted octanol–water partition coefficient (Wildman–Crippen LogP) is 4.70. The highest BCUT2D eigenvalue weighted by Gasteiger charge is 2.25. The van der Waals surface area contributed by atoms with E-state index in [1.54, 1.807) is 6.07 Å². The van der Waals surface area contributed by atoms with Crippen molar-refractivity contribution >= 4 is 27.5 Å². The lowest BCUT2D eigenvalue weighted by molar-refractivity contribution is 0.0665. The molecule has 0 radical (unpaired) electrons. The molecule has 0 atom stereocenters. The first-order valence-corrected chi connectivity index (χ1v) is 8.78. The molecule has 0 aliphatic heterocycles. The van der Waals surface area contributed by atoms with Gasteiger partial charge in [0.25, 0.3) is 5.91 Å². The van der Waals surface area contributed by atoms with Crippen LogP contribution in [0.5, 0.6) is 0 Å². The number of benzene rings is 1. The molecule has 1 aromatic heterocycles.